The van der Waals surface area contributed by atoms with Gasteiger partial charge in [0.25, 0.3) is 0 Å². The van der Waals surface area contributed by atoms with Crippen molar-refractivity contribution in [1.82, 2.24) is 0 Å². The number of hydrogen-bond acceptors (Lipinski definition) is 3. The summed E-state index contributed by atoms with van der Waals surface area (Å²) in [6.45, 7) is 4.07. The van der Waals surface area contributed by atoms with Crippen LogP contribution in [0.15, 0.2) is 63.9 Å². The lowest BCUT2D eigenvalue weighted by atomic mass is 9.95. The molecule has 0 amide bonds. The number of unbranched alkanes of at least 4 members (excludes halogenated alkanes) is 1. The van der Waals surface area contributed by atoms with E-state index < -0.39 is 15.9 Å². The molecule has 0 aromatic heterocycles. The summed E-state index contributed by atoms with van der Waals surface area (Å²) in [4.78, 5) is 0.710. The van der Waals surface area contributed by atoms with Gasteiger partial charge in [-0.25, -0.2) is 8.42 Å². The number of alkyl halides is 1. The third-order valence-corrected chi connectivity index (χ3v) is 8.14. The second kappa shape index (κ2) is 9.78. The molecule has 0 N–H and O–H groups in total. The van der Waals surface area contributed by atoms with E-state index in [-0.39, 0.29) is 6.10 Å². The highest BCUT2D eigenvalue weighted by atomic mass is 79.9. The van der Waals surface area contributed by atoms with Crippen LogP contribution in [-0.4, -0.2) is 19.9 Å². The van der Waals surface area contributed by atoms with Crippen molar-refractivity contribution in [3.05, 3.63) is 75.2 Å². The Hall–Kier alpha value is -1.14. The molecule has 2 aromatic rings. The average molecular weight is 498 g/mol. The molecule has 0 aliphatic carbocycles. The summed E-state index contributed by atoms with van der Waals surface area (Å²) in [5.74, 6) is 0. The summed E-state index contributed by atoms with van der Waals surface area (Å²) >= 11 is 9.59. The van der Waals surface area contributed by atoms with Crippen molar-refractivity contribution in [2.24, 2.45) is 0 Å². The van der Waals surface area contributed by atoms with Gasteiger partial charge in [-0.15, -0.1) is 0 Å². The van der Waals surface area contributed by atoms with E-state index in [1.807, 2.05) is 31.2 Å². The molecule has 0 spiro atoms. The van der Waals surface area contributed by atoms with Crippen LogP contribution in [0, 0.1) is 6.92 Å². The molecule has 2 atom stereocenters. The van der Waals surface area contributed by atoms with Crippen LogP contribution in [0.3, 0.4) is 0 Å². The van der Waals surface area contributed by atoms with Gasteiger partial charge < -0.3 is 4.74 Å². The Morgan fingerprint density at radius 3 is 2.34 bits per heavy atom. The SMILES string of the molecule is CCCCC1=C(S(=O)(=O)c2ccc(C)cc2)[C@@H](c2ccc(Cl)cc2)O[C@H](CBr)C1. The molecule has 0 fully saturated rings. The zero-order chi connectivity index (χ0) is 21.0. The molecule has 0 saturated carbocycles. The van der Waals surface area contributed by atoms with Crippen LogP contribution < -0.4 is 0 Å². The van der Waals surface area contributed by atoms with Crippen molar-refractivity contribution >= 4 is 37.4 Å². The van der Waals surface area contributed by atoms with Gasteiger partial charge >= 0.3 is 0 Å². The standard InChI is InChI=1S/C23H26BrClO3S/c1-3-4-5-18-14-20(15-24)28-22(17-8-10-19(25)11-9-17)23(18)29(26,27)21-12-6-16(2)7-13-21/h6-13,20,22H,3-5,14-15H2,1-2H3/t20-,22+/m0/s1. The molecule has 3 nitrogen and oxygen atoms in total. The van der Waals surface area contributed by atoms with E-state index >= 15 is 0 Å². The van der Waals surface area contributed by atoms with E-state index in [0.717, 1.165) is 36.0 Å². The minimum atomic E-state index is -3.69. The number of halogens is 2. The number of sulfone groups is 1. The lowest BCUT2D eigenvalue weighted by Crippen LogP contribution is -2.30. The summed E-state index contributed by atoms with van der Waals surface area (Å²) in [6, 6.07) is 14.3. The predicted molar refractivity (Wildman–Crippen MR) is 122 cm³/mol. The number of ether oxygens (including phenoxy) is 1. The molecule has 156 valence electrons. The van der Waals surface area contributed by atoms with Crippen LogP contribution in [0.25, 0.3) is 0 Å². The Labute approximate surface area is 187 Å². The quantitative estimate of drug-likeness (QED) is 0.395. The summed E-state index contributed by atoms with van der Waals surface area (Å²) in [5.41, 5.74) is 2.81. The largest absolute Gasteiger partial charge is 0.364 e. The Morgan fingerprint density at radius 2 is 1.76 bits per heavy atom. The van der Waals surface area contributed by atoms with Gasteiger partial charge in [0.2, 0.25) is 9.84 Å². The van der Waals surface area contributed by atoms with Crippen molar-refractivity contribution < 1.29 is 13.2 Å². The van der Waals surface area contributed by atoms with Crippen molar-refractivity contribution in [1.29, 1.82) is 0 Å². The van der Waals surface area contributed by atoms with E-state index in [1.54, 1.807) is 24.3 Å². The second-order valence-corrected chi connectivity index (χ2v) is 10.4. The fraction of sp³-hybridized carbons (Fsp3) is 0.391. The number of aryl methyl sites for hydroxylation is 1. The molecule has 1 aliphatic heterocycles. The van der Waals surface area contributed by atoms with Gasteiger partial charge in [0.05, 0.1) is 15.9 Å². The topological polar surface area (TPSA) is 43.4 Å². The molecule has 29 heavy (non-hydrogen) atoms. The maximum Gasteiger partial charge on any atom is 0.205 e. The van der Waals surface area contributed by atoms with E-state index in [4.69, 9.17) is 16.3 Å². The first kappa shape index (κ1) is 22.5. The molecule has 0 saturated heterocycles. The zero-order valence-corrected chi connectivity index (χ0v) is 19.9. The van der Waals surface area contributed by atoms with Crippen LogP contribution in [-0.2, 0) is 14.6 Å². The minimum Gasteiger partial charge on any atom is -0.364 e. The van der Waals surface area contributed by atoms with E-state index in [0.29, 0.717) is 26.6 Å². The molecule has 3 rings (SSSR count). The maximum atomic E-state index is 13.7. The smallest absolute Gasteiger partial charge is 0.205 e. The van der Waals surface area contributed by atoms with E-state index in [1.165, 1.54) is 0 Å². The Bertz CT molecular complexity index is 966. The predicted octanol–water partition coefficient (Wildman–Crippen LogP) is 6.79. The van der Waals surface area contributed by atoms with Crippen LogP contribution in [0.1, 0.15) is 49.8 Å². The van der Waals surface area contributed by atoms with Crippen molar-refractivity contribution in [3.8, 4) is 0 Å². The number of hydrogen-bond donors (Lipinski definition) is 0. The lowest BCUT2D eigenvalue weighted by molar-refractivity contribution is 0.0126. The first-order valence-electron chi connectivity index (χ1n) is 9.87. The van der Waals surface area contributed by atoms with Crippen LogP contribution in [0.4, 0.5) is 0 Å². The molecular formula is C23H26BrClO3S. The van der Waals surface area contributed by atoms with Crippen LogP contribution in [0.5, 0.6) is 0 Å². The first-order valence-corrected chi connectivity index (χ1v) is 12.9. The van der Waals surface area contributed by atoms with Gasteiger partial charge in [-0.1, -0.05) is 70.7 Å². The molecule has 2 aromatic carbocycles. The molecular weight excluding hydrogens is 472 g/mol. The molecule has 0 radical (unpaired) electrons. The highest BCUT2D eigenvalue weighted by molar-refractivity contribution is 9.09. The molecule has 1 heterocycles. The van der Waals surface area contributed by atoms with Crippen LogP contribution in [0.2, 0.25) is 5.02 Å². The van der Waals surface area contributed by atoms with Crippen molar-refractivity contribution in [2.75, 3.05) is 5.33 Å². The van der Waals surface area contributed by atoms with Crippen molar-refractivity contribution in [3.63, 3.8) is 0 Å². The van der Waals surface area contributed by atoms with Gasteiger partial charge in [0.1, 0.15) is 6.10 Å². The summed E-state index contributed by atoms with van der Waals surface area (Å²) in [7, 11) is -3.69. The Morgan fingerprint density at radius 1 is 1.10 bits per heavy atom. The first-order chi connectivity index (χ1) is 13.9. The zero-order valence-electron chi connectivity index (χ0n) is 16.7. The second-order valence-electron chi connectivity index (χ2n) is 7.44. The highest BCUT2D eigenvalue weighted by Crippen LogP contribution is 2.43. The normalized spacial score (nSPS) is 20.1. The van der Waals surface area contributed by atoms with E-state index in [2.05, 4.69) is 22.9 Å². The molecule has 0 bridgehead atoms. The fourth-order valence-corrected chi connectivity index (χ4v) is 5.91. The van der Waals surface area contributed by atoms with Gasteiger partial charge in [-0.05, 0) is 61.6 Å². The molecule has 6 heteroatoms. The summed E-state index contributed by atoms with van der Waals surface area (Å²) < 4.78 is 33.8. The highest BCUT2D eigenvalue weighted by Gasteiger charge is 2.38. The maximum absolute atomic E-state index is 13.7. The summed E-state index contributed by atoms with van der Waals surface area (Å²) in [5, 5.41) is 1.27. The monoisotopic (exact) mass is 496 g/mol. The number of rotatable bonds is 7. The molecule has 1 aliphatic rings. The van der Waals surface area contributed by atoms with Gasteiger partial charge in [0.15, 0.2) is 0 Å². The van der Waals surface area contributed by atoms with Gasteiger partial charge in [0, 0.05) is 10.4 Å². The van der Waals surface area contributed by atoms with E-state index in [9.17, 15) is 8.42 Å². The lowest BCUT2D eigenvalue weighted by Gasteiger charge is -2.34. The Kier molecular flexibility index (Phi) is 7.60. The Balaban J connectivity index is 2.18. The fourth-order valence-electron chi connectivity index (χ4n) is 3.61. The average Bonchev–Trinajstić information content (AvgIpc) is 2.72. The minimum absolute atomic E-state index is 0.0699. The van der Waals surface area contributed by atoms with Gasteiger partial charge in [-0.3, -0.25) is 0 Å². The molecule has 0 unspecified atom stereocenters. The van der Waals surface area contributed by atoms with Gasteiger partial charge in [-0.2, -0.15) is 0 Å². The summed E-state index contributed by atoms with van der Waals surface area (Å²) in [6.07, 6.45) is 2.63. The third kappa shape index (κ3) is 5.13. The number of benzene rings is 2. The third-order valence-electron chi connectivity index (χ3n) is 5.19. The van der Waals surface area contributed by atoms with Crippen LogP contribution >= 0.6 is 27.5 Å². The van der Waals surface area contributed by atoms with Crippen molar-refractivity contribution in [2.45, 2.75) is 56.6 Å².